The number of nitro benzene ring substituents is 1. The number of para-hydroxylation sites is 2. The summed E-state index contributed by atoms with van der Waals surface area (Å²) in [6.45, 7) is 7.43. The zero-order valence-corrected chi connectivity index (χ0v) is 15.4. The molecular weight excluding hydrogens is 322 g/mol. The van der Waals surface area contributed by atoms with E-state index in [0.717, 1.165) is 23.5 Å². The predicted molar refractivity (Wildman–Crippen MR) is 98.7 cm³/mol. The van der Waals surface area contributed by atoms with E-state index < -0.39 is 0 Å². The Morgan fingerprint density at radius 3 is 2.75 bits per heavy atom. The molecule has 1 aromatic heterocycles. The first-order valence-electron chi connectivity index (χ1n) is 8.49. The molecule has 5 nitrogen and oxygen atoms in total. The SMILES string of the molecule is CCCCC(CC)Cn1c(C)csc1=Nc1ccccc1[N+](=O)[O-]. The first-order valence-corrected chi connectivity index (χ1v) is 9.37. The van der Waals surface area contributed by atoms with Crippen LogP contribution in [-0.2, 0) is 6.54 Å². The van der Waals surface area contributed by atoms with Crippen LogP contribution in [0.3, 0.4) is 0 Å². The Bertz CT molecular complexity index is 749. The second-order valence-electron chi connectivity index (χ2n) is 6.04. The fourth-order valence-corrected chi connectivity index (χ4v) is 3.62. The molecule has 0 aliphatic carbocycles. The van der Waals surface area contributed by atoms with Crippen LogP contribution in [0.1, 0.15) is 45.2 Å². The van der Waals surface area contributed by atoms with Gasteiger partial charge in [0.05, 0.1) is 4.92 Å². The van der Waals surface area contributed by atoms with E-state index >= 15 is 0 Å². The van der Waals surface area contributed by atoms with Gasteiger partial charge in [0.1, 0.15) is 5.69 Å². The van der Waals surface area contributed by atoms with Gasteiger partial charge in [0.2, 0.25) is 0 Å². The topological polar surface area (TPSA) is 60.4 Å². The fourth-order valence-electron chi connectivity index (χ4n) is 2.72. The average Bonchev–Trinajstić information content (AvgIpc) is 2.91. The van der Waals surface area contributed by atoms with E-state index in [2.05, 4.69) is 35.7 Å². The predicted octanol–water partition coefficient (Wildman–Crippen LogP) is 5.22. The molecule has 0 saturated heterocycles. The third kappa shape index (κ3) is 4.54. The van der Waals surface area contributed by atoms with Crippen LogP contribution in [0.25, 0.3) is 0 Å². The third-order valence-electron chi connectivity index (χ3n) is 4.27. The number of nitrogens with zero attached hydrogens (tertiary/aromatic N) is 3. The summed E-state index contributed by atoms with van der Waals surface area (Å²) >= 11 is 1.54. The van der Waals surface area contributed by atoms with E-state index in [9.17, 15) is 10.1 Å². The highest BCUT2D eigenvalue weighted by Crippen LogP contribution is 2.26. The van der Waals surface area contributed by atoms with Gasteiger partial charge in [-0.05, 0) is 25.3 Å². The van der Waals surface area contributed by atoms with E-state index in [0.29, 0.717) is 11.6 Å². The van der Waals surface area contributed by atoms with Gasteiger partial charge in [-0.15, -0.1) is 11.3 Å². The molecule has 0 saturated carbocycles. The lowest BCUT2D eigenvalue weighted by atomic mass is 9.99. The van der Waals surface area contributed by atoms with Gasteiger partial charge in [-0.3, -0.25) is 10.1 Å². The average molecular weight is 347 g/mol. The summed E-state index contributed by atoms with van der Waals surface area (Å²) in [5, 5.41) is 13.3. The molecule has 2 rings (SSSR count). The molecule has 0 N–H and O–H groups in total. The number of thiazole rings is 1. The fraction of sp³-hybridized carbons (Fsp3) is 0.500. The van der Waals surface area contributed by atoms with Crippen LogP contribution in [0.2, 0.25) is 0 Å². The minimum atomic E-state index is -0.375. The quantitative estimate of drug-likeness (QED) is 0.486. The Labute approximate surface area is 146 Å². The third-order valence-corrected chi connectivity index (χ3v) is 5.25. The summed E-state index contributed by atoms with van der Waals surface area (Å²) in [7, 11) is 0. The summed E-state index contributed by atoms with van der Waals surface area (Å²) < 4.78 is 2.20. The normalized spacial score (nSPS) is 13.2. The number of unbranched alkanes of at least 4 members (excludes halogenated alkanes) is 1. The minimum absolute atomic E-state index is 0.0492. The lowest BCUT2D eigenvalue weighted by Gasteiger charge is -2.16. The van der Waals surface area contributed by atoms with Crippen molar-refractivity contribution in [2.75, 3.05) is 0 Å². The van der Waals surface area contributed by atoms with Crippen molar-refractivity contribution in [1.29, 1.82) is 0 Å². The Balaban J connectivity index is 2.37. The molecule has 1 aromatic carbocycles. The van der Waals surface area contributed by atoms with E-state index in [4.69, 9.17) is 0 Å². The zero-order chi connectivity index (χ0) is 17.5. The number of nitro groups is 1. The van der Waals surface area contributed by atoms with Crippen LogP contribution < -0.4 is 4.80 Å². The molecule has 2 aromatic rings. The van der Waals surface area contributed by atoms with E-state index in [1.54, 1.807) is 29.5 Å². The molecule has 0 aliphatic rings. The molecule has 24 heavy (non-hydrogen) atoms. The van der Waals surface area contributed by atoms with Crippen molar-refractivity contribution < 1.29 is 4.92 Å². The lowest BCUT2D eigenvalue weighted by Crippen LogP contribution is -2.21. The monoisotopic (exact) mass is 347 g/mol. The maximum atomic E-state index is 11.2. The van der Waals surface area contributed by atoms with Crippen molar-refractivity contribution in [2.24, 2.45) is 10.9 Å². The van der Waals surface area contributed by atoms with Gasteiger partial charge >= 0.3 is 0 Å². The number of aryl methyl sites for hydroxylation is 1. The number of rotatable bonds is 8. The molecule has 130 valence electrons. The first-order chi connectivity index (χ1) is 11.6. The number of benzene rings is 1. The highest BCUT2D eigenvalue weighted by molar-refractivity contribution is 7.07. The molecule has 0 amide bonds. The summed E-state index contributed by atoms with van der Waals surface area (Å²) in [5.74, 6) is 0.614. The summed E-state index contributed by atoms with van der Waals surface area (Å²) in [6, 6.07) is 6.65. The zero-order valence-electron chi connectivity index (χ0n) is 14.6. The highest BCUT2D eigenvalue weighted by Gasteiger charge is 2.14. The van der Waals surface area contributed by atoms with Crippen molar-refractivity contribution >= 4 is 22.7 Å². The van der Waals surface area contributed by atoms with E-state index in [1.165, 1.54) is 25.3 Å². The largest absolute Gasteiger partial charge is 0.321 e. The van der Waals surface area contributed by atoms with Crippen LogP contribution >= 0.6 is 11.3 Å². The summed E-state index contributed by atoms with van der Waals surface area (Å²) in [6.07, 6.45) is 4.78. The lowest BCUT2D eigenvalue weighted by molar-refractivity contribution is -0.384. The van der Waals surface area contributed by atoms with Crippen molar-refractivity contribution in [3.63, 3.8) is 0 Å². The molecule has 0 radical (unpaired) electrons. The van der Waals surface area contributed by atoms with Crippen LogP contribution in [0.5, 0.6) is 0 Å². The van der Waals surface area contributed by atoms with E-state index in [-0.39, 0.29) is 10.6 Å². The van der Waals surface area contributed by atoms with Gasteiger partial charge in [0.15, 0.2) is 4.80 Å². The van der Waals surface area contributed by atoms with Gasteiger partial charge in [-0.2, -0.15) is 0 Å². The van der Waals surface area contributed by atoms with Crippen LogP contribution in [0, 0.1) is 23.0 Å². The maximum Gasteiger partial charge on any atom is 0.294 e. The molecule has 1 unspecified atom stereocenters. The Morgan fingerprint density at radius 1 is 1.33 bits per heavy atom. The van der Waals surface area contributed by atoms with Crippen LogP contribution in [0.15, 0.2) is 34.6 Å². The molecule has 1 heterocycles. The molecule has 0 spiro atoms. The Morgan fingerprint density at radius 2 is 2.08 bits per heavy atom. The number of hydrogen-bond acceptors (Lipinski definition) is 4. The number of aromatic nitrogens is 1. The molecule has 6 heteroatoms. The molecule has 1 atom stereocenters. The van der Waals surface area contributed by atoms with Gasteiger partial charge in [-0.1, -0.05) is 45.2 Å². The minimum Gasteiger partial charge on any atom is -0.321 e. The second-order valence-corrected chi connectivity index (χ2v) is 6.88. The van der Waals surface area contributed by atoms with Crippen LogP contribution in [-0.4, -0.2) is 9.49 Å². The van der Waals surface area contributed by atoms with Crippen molar-refractivity contribution in [2.45, 2.75) is 53.0 Å². The van der Waals surface area contributed by atoms with Crippen molar-refractivity contribution in [3.05, 3.63) is 50.3 Å². The maximum absolute atomic E-state index is 11.2. The van der Waals surface area contributed by atoms with Crippen molar-refractivity contribution in [1.82, 2.24) is 4.57 Å². The van der Waals surface area contributed by atoms with Crippen molar-refractivity contribution in [3.8, 4) is 0 Å². The highest BCUT2D eigenvalue weighted by atomic mass is 32.1. The second kappa shape index (κ2) is 8.78. The Kier molecular flexibility index (Phi) is 6.73. The Hall–Kier alpha value is -1.95. The molecular formula is C18H25N3O2S. The molecule has 0 aliphatic heterocycles. The van der Waals surface area contributed by atoms with Crippen LogP contribution in [0.4, 0.5) is 11.4 Å². The summed E-state index contributed by atoms with van der Waals surface area (Å²) in [5.41, 5.74) is 1.63. The standard InChI is InChI=1S/C18H25N3O2S/c1-4-6-9-15(5-2)12-20-14(3)13-24-18(20)19-16-10-7-8-11-17(16)21(22)23/h7-8,10-11,13,15H,4-6,9,12H2,1-3H3. The number of hydrogen-bond donors (Lipinski definition) is 0. The molecule has 0 bridgehead atoms. The van der Waals surface area contributed by atoms with Gasteiger partial charge in [0.25, 0.3) is 5.69 Å². The summed E-state index contributed by atoms with van der Waals surface area (Å²) in [4.78, 5) is 16.2. The van der Waals surface area contributed by atoms with Gasteiger partial charge in [0, 0.05) is 23.7 Å². The first kappa shape index (κ1) is 18.4. The van der Waals surface area contributed by atoms with Gasteiger partial charge in [-0.25, -0.2) is 4.99 Å². The molecule has 0 fully saturated rings. The smallest absolute Gasteiger partial charge is 0.294 e. The van der Waals surface area contributed by atoms with E-state index in [1.807, 2.05) is 0 Å². The van der Waals surface area contributed by atoms with Gasteiger partial charge < -0.3 is 4.57 Å².